The summed E-state index contributed by atoms with van der Waals surface area (Å²) in [5.41, 5.74) is 0.692. The third-order valence-corrected chi connectivity index (χ3v) is 3.30. The molecular formula is C15H12O5. The number of benzene rings is 2. The normalized spacial score (nSPS) is 21.1. The van der Waals surface area contributed by atoms with Crippen LogP contribution in [0.15, 0.2) is 42.5 Å². The summed E-state index contributed by atoms with van der Waals surface area (Å²) >= 11 is 0. The highest BCUT2D eigenvalue weighted by Gasteiger charge is 2.37. The molecule has 0 bridgehead atoms. The maximum absolute atomic E-state index is 12.0. The summed E-state index contributed by atoms with van der Waals surface area (Å²) in [6.45, 7) is 0. The molecule has 1 aliphatic rings. The van der Waals surface area contributed by atoms with Gasteiger partial charge in [0.2, 0.25) is 0 Å². The number of carbonyl (C=O) groups excluding carboxylic acids is 1. The number of hydrogen-bond donors (Lipinski definition) is 3. The molecule has 0 spiro atoms. The minimum Gasteiger partial charge on any atom is -0.508 e. The molecule has 2 aromatic carbocycles. The molecule has 0 aliphatic carbocycles. The van der Waals surface area contributed by atoms with E-state index in [-0.39, 0.29) is 16.9 Å². The minimum atomic E-state index is -1.15. The van der Waals surface area contributed by atoms with Crippen LogP contribution in [0.2, 0.25) is 0 Å². The minimum absolute atomic E-state index is 0.109. The van der Waals surface area contributed by atoms with Crippen molar-refractivity contribution in [1.82, 2.24) is 0 Å². The fourth-order valence-electron chi connectivity index (χ4n) is 2.38. The maximum Gasteiger partial charge on any atom is 0.343 e. The van der Waals surface area contributed by atoms with Gasteiger partial charge < -0.3 is 20.1 Å². The van der Waals surface area contributed by atoms with Gasteiger partial charge in [-0.25, -0.2) is 4.79 Å². The molecule has 0 radical (unpaired) electrons. The van der Waals surface area contributed by atoms with E-state index >= 15 is 0 Å². The maximum atomic E-state index is 12.0. The highest BCUT2D eigenvalue weighted by molar-refractivity contribution is 5.95. The van der Waals surface area contributed by atoms with Gasteiger partial charge in [0, 0.05) is 11.6 Å². The number of ether oxygens (including phenoxy) is 1. The van der Waals surface area contributed by atoms with Gasteiger partial charge in [-0.15, -0.1) is 0 Å². The second-order valence-electron chi connectivity index (χ2n) is 4.61. The predicted molar refractivity (Wildman–Crippen MR) is 69.3 cm³/mol. The predicted octanol–water partition coefficient (Wildman–Crippen LogP) is 2.04. The van der Waals surface area contributed by atoms with Crippen LogP contribution < -0.4 is 0 Å². The van der Waals surface area contributed by atoms with Gasteiger partial charge >= 0.3 is 5.97 Å². The molecule has 1 heterocycles. The first-order valence-electron chi connectivity index (χ1n) is 6.08. The molecule has 102 valence electrons. The van der Waals surface area contributed by atoms with Gasteiger partial charge in [0.25, 0.3) is 0 Å². The van der Waals surface area contributed by atoms with Crippen molar-refractivity contribution in [2.75, 3.05) is 0 Å². The number of aromatic hydroxyl groups is 2. The average molecular weight is 272 g/mol. The Balaban J connectivity index is 2.11. The number of phenolic OH excluding ortho intramolecular Hbond substituents is 2. The van der Waals surface area contributed by atoms with Gasteiger partial charge in [-0.05, 0) is 11.6 Å². The molecule has 2 atom stereocenters. The van der Waals surface area contributed by atoms with E-state index in [2.05, 4.69) is 0 Å². The van der Waals surface area contributed by atoms with Crippen LogP contribution in [0.3, 0.4) is 0 Å². The smallest absolute Gasteiger partial charge is 0.343 e. The van der Waals surface area contributed by atoms with Crippen molar-refractivity contribution in [3.63, 3.8) is 0 Å². The molecule has 0 amide bonds. The molecule has 0 saturated heterocycles. The average Bonchev–Trinajstić information content (AvgIpc) is 2.43. The quantitative estimate of drug-likeness (QED) is 0.691. The van der Waals surface area contributed by atoms with E-state index in [0.717, 1.165) is 6.07 Å². The third kappa shape index (κ3) is 1.88. The molecule has 1 aliphatic heterocycles. The van der Waals surface area contributed by atoms with Gasteiger partial charge in [0.05, 0.1) is 0 Å². The van der Waals surface area contributed by atoms with E-state index in [1.54, 1.807) is 24.3 Å². The first-order valence-corrected chi connectivity index (χ1v) is 6.08. The van der Waals surface area contributed by atoms with E-state index in [1.807, 2.05) is 6.07 Å². The molecule has 3 N–H and O–H groups in total. The molecule has 0 saturated carbocycles. The molecule has 3 rings (SSSR count). The van der Waals surface area contributed by atoms with Crippen molar-refractivity contribution in [2.45, 2.75) is 12.2 Å². The standard InChI is InChI=1S/C15H12O5/c16-9-6-10-12(11(17)7-9)15(19)20-14(13(10)18)8-4-2-1-3-5-8/h1-7,13-14,16-18H/t13-,14+/m1/s1. The zero-order chi connectivity index (χ0) is 14.3. The first kappa shape index (κ1) is 12.5. The van der Waals surface area contributed by atoms with Crippen LogP contribution in [0, 0.1) is 0 Å². The molecular weight excluding hydrogens is 260 g/mol. The van der Waals surface area contributed by atoms with Crippen molar-refractivity contribution in [1.29, 1.82) is 0 Å². The largest absolute Gasteiger partial charge is 0.508 e. The Morgan fingerprint density at radius 2 is 1.75 bits per heavy atom. The van der Waals surface area contributed by atoms with E-state index in [4.69, 9.17) is 4.74 Å². The van der Waals surface area contributed by atoms with Gasteiger partial charge in [0.1, 0.15) is 23.2 Å². The van der Waals surface area contributed by atoms with Crippen molar-refractivity contribution < 1.29 is 24.9 Å². The molecule has 5 nitrogen and oxygen atoms in total. The van der Waals surface area contributed by atoms with Gasteiger partial charge in [0.15, 0.2) is 6.10 Å². The lowest BCUT2D eigenvalue weighted by molar-refractivity contribution is -0.0311. The molecule has 0 fully saturated rings. The fourth-order valence-corrected chi connectivity index (χ4v) is 2.38. The monoisotopic (exact) mass is 272 g/mol. The highest BCUT2D eigenvalue weighted by atomic mass is 16.6. The lowest BCUT2D eigenvalue weighted by Crippen LogP contribution is -2.26. The van der Waals surface area contributed by atoms with Gasteiger partial charge in [-0.3, -0.25) is 0 Å². The van der Waals surface area contributed by atoms with Crippen LogP contribution in [-0.4, -0.2) is 21.3 Å². The van der Waals surface area contributed by atoms with Crippen LogP contribution in [0.1, 0.15) is 33.7 Å². The summed E-state index contributed by atoms with van der Waals surface area (Å²) in [6, 6.07) is 11.1. The van der Waals surface area contributed by atoms with Crippen LogP contribution >= 0.6 is 0 Å². The van der Waals surface area contributed by atoms with Gasteiger partial charge in [-0.2, -0.15) is 0 Å². The Morgan fingerprint density at radius 1 is 1.05 bits per heavy atom. The molecule has 0 unspecified atom stereocenters. The zero-order valence-electron chi connectivity index (χ0n) is 10.4. The first-order chi connectivity index (χ1) is 9.58. The second kappa shape index (κ2) is 4.54. The summed E-state index contributed by atoms with van der Waals surface area (Å²) in [6.07, 6.45) is -2.01. The van der Waals surface area contributed by atoms with E-state index < -0.39 is 23.9 Å². The van der Waals surface area contributed by atoms with Crippen molar-refractivity contribution in [3.05, 3.63) is 59.2 Å². The number of cyclic esters (lactones) is 1. The lowest BCUT2D eigenvalue weighted by atomic mass is 9.91. The van der Waals surface area contributed by atoms with Crippen molar-refractivity contribution >= 4 is 5.97 Å². The van der Waals surface area contributed by atoms with Gasteiger partial charge in [-0.1, -0.05) is 30.3 Å². The van der Waals surface area contributed by atoms with Crippen LogP contribution in [0.4, 0.5) is 0 Å². The molecule has 2 aromatic rings. The summed E-state index contributed by atoms with van der Waals surface area (Å²) < 4.78 is 5.20. The Hall–Kier alpha value is -2.53. The number of aliphatic hydroxyl groups is 1. The lowest BCUT2D eigenvalue weighted by Gasteiger charge is -2.30. The molecule has 0 aromatic heterocycles. The third-order valence-electron chi connectivity index (χ3n) is 3.30. The summed E-state index contributed by atoms with van der Waals surface area (Å²) in [5.74, 6) is -1.35. The summed E-state index contributed by atoms with van der Waals surface area (Å²) in [4.78, 5) is 12.0. The summed E-state index contributed by atoms with van der Waals surface area (Å²) in [5, 5.41) is 29.6. The SMILES string of the molecule is O=C1O[C@@H](c2ccccc2)[C@H](O)c2cc(O)cc(O)c21. The topological polar surface area (TPSA) is 87.0 Å². The molecule has 20 heavy (non-hydrogen) atoms. The number of rotatable bonds is 1. The van der Waals surface area contributed by atoms with Crippen LogP contribution in [-0.2, 0) is 4.74 Å². The van der Waals surface area contributed by atoms with E-state index in [1.165, 1.54) is 6.07 Å². The fraction of sp³-hybridized carbons (Fsp3) is 0.133. The van der Waals surface area contributed by atoms with Crippen molar-refractivity contribution in [3.8, 4) is 11.5 Å². The van der Waals surface area contributed by atoms with Crippen LogP contribution in [0.25, 0.3) is 0 Å². The number of esters is 1. The number of fused-ring (bicyclic) bond motifs is 1. The van der Waals surface area contributed by atoms with Crippen molar-refractivity contribution in [2.24, 2.45) is 0 Å². The van der Waals surface area contributed by atoms with Crippen LogP contribution in [0.5, 0.6) is 11.5 Å². The Kier molecular flexibility index (Phi) is 2.84. The molecule has 5 heteroatoms. The number of carbonyl (C=O) groups is 1. The second-order valence-corrected chi connectivity index (χ2v) is 4.61. The number of hydrogen-bond acceptors (Lipinski definition) is 5. The Morgan fingerprint density at radius 3 is 2.45 bits per heavy atom. The van der Waals surface area contributed by atoms with E-state index in [0.29, 0.717) is 5.56 Å². The number of phenols is 2. The number of aliphatic hydroxyl groups excluding tert-OH is 1. The van der Waals surface area contributed by atoms with E-state index in [9.17, 15) is 20.1 Å². The Bertz CT molecular complexity index is 665. The zero-order valence-corrected chi connectivity index (χ0v) is 10.4. The highest BCUT2D eigenvalue weighted by Crippen LogP contribution is 2.43. The summed E-state index contributed by atoms with van der Waals surface area (Å²) in [7, 11) is 0. The Labute approximate surface area is 114 Å².